The van der Waals surface area contributed by atoms with Crippen molar-refractivity contribution in [2.24, 2.45) is 34.5 Å². The summed E-state index contributed by atoms with van der Waals surface area (Å²) in [5, 5.41) is 14.5. The third-order valence-electron chi connectivity index (χ3n) is 3.66. The van der Waals surface area contributed by atoms with Crippen LogP contribution in [0.3, 0.4) is 0 Å². The fourth-order valence-electron chi connectivity index (χ4n) is 2.39. The second kappa shape index (κ2) is 15.0. The summed E-state index contributed by atoms with van der Waals surface area (Å²) in [6.07, 6.45) is 3.35. The molecule has 160 valence electrons. The van der Waals surface area contributed by atoms with Gasteiger partial charge in [0, 0.05) is 24.1 Å². The van der Waals surface area contributed by atoms with E-state index in [0.29, 0.717) is 17.7 Å². The maximum atomic E-state index is 11.3. The minimum atomic E-state index is -0.885. The maximum Gasteiger partial charge on any atom is 0.307 e. The third kappa shape index (κ3) is 10.6. The van der Waals surface area contributed by atoms with Crippen molar-refractivity contribution in [3.8, 4) is 0 Å². The number of carboxylic acids is 1. The smallest absolute Gasteiger partial charge is 0.307 e. The standard InChI is InChI=1S/C11H23IN4O3S.C5H5ClN2/c1-7(2)9(11(17)18)8(3)10(15-13)16(14)6-19-4-5-20-12;1-4-2-7-5(6)8-3-4/h7-9H,4-6,13-14H2,1-3H3,(H,17,18);2-3H,1H3/b15-10-;. The van der Waals surface area contributed by atoms with Crippen LogP contribution in [0.4, 0.5) is 0 Å². The van der Waals surface area contributed by atoms with Gasteiger partial charge in [0.2, 0.25) is 5.28 Å². The molecule has 1 aromatic rings. The number of carbonyl (C=O) groups is 1. The van der Waals surface area contributed by atoms with Crippen molar-refractivity contribution in [2.75, 3.05) is 19.1 Å². The summed E-state index contributed by atoms with van der Waals surface area (Å²) in [6, 6.07) is 0. The Bertz CT molecular complexity index is 588. The maximum absolute atomic E-state index is 11.3. The molecule has 0 aliphatic rings. The minimum absolute atomic E-state index is 0.0519. The van der Waals surface area contributed by atoms with E-state index in [9.17, 15) is 9.90 Å². The first-order valence-corrected chi connectivity index (χ1v) is 12.3. The minimum Gasteiger partial charge on any atom is -0.481 e. The van der Waals surface area contributed by atoms with Gasteiger partial charge in [0.05, 0.1) is 12.5 Å². The summed E-state index contributed by atoms with van der Waals surface area (Å²) in [6.45, 7) is 8.04. The van der Waals surface area contributed by atoms with E-state index in [0.717, 1.165) is 11.3 Å². The first-order chi connectivity index (χ1) is 13.1. The summed E-state index contributed by atoms with van der Waals surface area (Å²) in [4.78, 5) is 18.8. The highest BCUT2D eigenvalue weighted by Crippen LogP contribution is 2.23. The van der Waals surface area contributed by atoms with E-state index in [2.05, 4.69) is 36.3 Å². The number of rotatable bonds is 9. The van der Waals surface area contributed by atoms with Gasteiger partial charge < -0.3 is 15.7 Å². The fourth-order valence-corrected chi connectivity index (χ4v) is 3.20. The molecule has 2 unspecified atom stereocenters. The molecule has 1 heterocycles. The molecule has 0 amide bonds. The van der Waals surface area contributed by atoms with Crippen LogP contribution in [-0.4, -0.2) is 51.0 Å². The van der Waals surface area contributed by atoms with Gasteiger partial charge in [-0.2, -0.15) is 5.10 Å². The monoisotopic (exact) mass is 546 g/mol. The Morgan fingerprint density at radius 3 is 2.39 bits per heavy atom. The van der Waals surface area contributed by atoms with Crippen molar-refractivity contribution in [1.29, 1.82) is 0 Å². The summed E-state index contributed by atoms with van der Waals surface area (Å²) in [5.41, 5.74) is 1.02. The van der Waals surface area contributed by atoms with Crippen molar-refractivity contribution in [2.45, 2.75) is 27.7 Å². The Balaban J connectivity index is 0.000000749. The number of nitrogens with two attached hydrogens (primary N) is 2. The van der Waals surface area contributed by atoms with E-state index in [1.54, 1.807) is 28.3 Å². The normalized spacial score (nSPS) is 13.5. The van der Waals surface area contributed by atoms with Gasteiger partial charge in [0.1, 0.15) is 12.6 Å². The second-order valence-corrected chi connectivity index (χ2v) is 9.07. The molecule has 0 aliphatic carbocycles. The summed E-state index contributed by atoms with van der Waals surface area (Å²) in [7, 11) is 1.64. The van der Waals surface area contributed by atoms with Crippen molar-refractivity contribution >= 4 is 53.5 Å². The van der Waals surface area contributed by atoms with Crippen LogP contribution in [0.2, 0.25) is 5.28 Å². The number of aliphatic carboxylic acids is 1. The SMILES string of the molecule is CC(C)C(C(=O)O)C(C)/C(=N/N)N(N)COCCSI.Cc1cnc(Cl)nc1. The topological polar surface area (TPSA) is 140 Å². The van der Waals surface area contributed by atoms with Gasteiger partial charge in [0.15, 0.2) is 0 Å². The molecule has 2 atom stereocenters. The van der Waals surface area contributed by atoms with Crippen LogP contribution in [-0.2, 0) is 9.53 Å². The van der Waals surface area contributed by atoms with Gasteiger partial charge in [-0.05, 0) is 51.2 Å². The van der Waals surface area contributed by atoms with Gasteiger partial charge in [-0.1, -0.05) is 29.7 Å². The number of hydrazone groups is 1. The van der Waals surface area contributed by atoms with Crippen LogP contribution in [0.1, 0.15) is 26.3 Å². The zero-order valence-electron chi connectivity index (χ0n) is 16.4. The molecular formula is C16H28ClIN6O3S. The number of hydrogen-bond donors (Lipinski definition) is 3. The van der Waals surface area contributed by atoms with Crippen molar-refractivity contribution in [3.63, 3.8) is 0 Å². The molecule has 9 nitrogen and oxygen atoms in total. The third-order valence-corrected chi connectivity index (χ3v) is 5.50. The lowest BCUT2D eigenvalue weighted by atomic mass is 9.83. The highest BCUT2D eigenvalue weighted by molar-refractivity contribution is 14.2. The van der Waals surface area contributed by atoms with Crippen LogP contribution < -0.4 is 11.7 Å². The predicted octanol–water partition coefficient (Wildman–Crippen LogP) is 2.92. The lowest BCUT2D eigenvalue weighted by molar-refractivity contribution is -0.144. The van der Waals surface area contributed by atoms with E-state index < -0.39 is 17.8 Å². The number of aromatic nitrogens is 2. The van der Waals surface area contributed by atoms with Crippen molar-refractivity contribution in [3.05, 3.63) is 23.2 Å². The van der Waals surface area contributed by atoms with Crippen LogP contribution in [0.15, 0.2) is 17.5 Å². The molecule has 0 radical (unpaired) electrons. The summed E-state index contributed by atoms with van der Waals surface area (Å²) < 4.78 is 5.36. The highest BCUT2D eigenvalue weighted by Gasteiger charge is 2.33. The Hall–Kier alpha value is -0.890. The number of hydrazine groups is 1. The molecule has 0 saturated carbocycles. The van der Waals surface area contributed by atoms with Crippen molar-refractivity contribution in [1.82, 2.24) is 15.0 Å². The summed E-state index contributed by atoms with van der Waals surface area (Å²) >= 11 is 7.57. The Labute approximate surface area is 187 Å². The van der Waals surface area contributed by atoms with Crippen LogP contribution in [0.5, 0.6) is 0 Å². The number of hydrogen-bond acceptors (Lipinski definition) is 8. The lowest BCUT2D eigenvalue weighted by Crippen LogP contribution is -2.47. The molecule has 5 N–H and O–H groups in total. The van der Waals surface area contributed by atoms with E-state index in [4.69, 9.17) is 28.0 Å². The van der Waals surface area contributed by atoms with Gasteiger partial charge in [-0.15, -0.1) is 0 Å². The van der Waals surface area contributed by atoms with Gasteiger partial charge in [0.25, 0.3) is 0 Å². The Morgan fingerprint density at radius 1 is 1.43 bits per heavy atom. The van der Waals surface area contributed by atoms with E-state index in [1.807, 2.05) is 20.8 Å². The molecule has 0 fully saturated rings. The van der Waals surface area contributed by atoms with E-state index in [-0.39, 0.29) is 12.6 Å². The average molecular weight is 547 g/mol. The molecule has 1 rings (SSSR count). The van der Waals surface area contributed by atoms with Gasteiger partial charge in [-0.3, -0.25) is 9.80 Å². The number of amidine groups is 1. The fraction of sp³-hybridized carbons (Fsp3) is 0.625. The van der Waals surface area contributed by atoms with Crippen LogP contribution in [0.25, 0.3) is 0 Å². The number of ether oxygens (including phenoxy) is 1. The van der Waals surface area contributed by atoms with Crippen LogP contribution >= 0.6 is 41.7 Å². The largest absolute Gasteiger partial charge is 0.481 e. The number of aryl methyl sites for hydroxylation is 1. The quantitative estimate of drug-likeness (QED) is 0.0623. The lowest BCUT2D eigenvalue weighted by Gasteiger charge is -2.29. The first kappa shape index (κ1) is 27.1. The first-order valence-electron chi connectivity index (χ1n) is 8.43. The molecule has 1 aromatic heterocycles. The molecule has 0 aromatic carbocycles. The van der Waals surface area contributed by atoms with Gasteiger partial charge in [-0.25, -0.2) is 15.8 Å². The number of carboxylic acid groups (broad SMARTS) is 1. The molecule has 0 saturated heterocycles. The molecule has 12 heteroatoms. The molecule has 0 spiro atoms. The van der Waals surface area contributed by atoms with E-state index >= 15 is 0 Å². The molecule has 0 bridgehead atoms. The highest BCUT2D eigenvalue weighted by atomic mass is 127. The van der Waals surface area contributed by atoms with Crippen molar-refractivity contribution < 1.29 is 14.6 Å². The second-order valence-electron chi connectivity index (χ2n) is 6.23. The Morgan fingerprint density at radius 2 is 2.00 bits per heavy atom. The average Bonchev–Trinajstić information content (AvgIpc) is 2.62. The van der Waals surface area contributed by atoms with Crippen LogP contribution in [0, 0.1) is 24.7 Å². The summed E-state index contributed by atoms with van der Waals surface area (Å²) in [5.74, 6) is 10.4. The predicted molar refractivity (Wildman–Crippen MR) is 122 cm³/mol. The van der Waals surface area contributed by atoms with Gasteiger partial charge >= 0.3 is 5.97 Å². The molecule has 28 heavy (non-hydrogen) atoms. The molecular weight excluding hydrogens is 519 g/mol. The number of nitrogens with zero attached hydrogens (tertiary/aromatic N) is 4. The van der Waals surface area contributed by atoms with E-state index in [1.165, 1.54) is 5.01 Å². The Kier molecular flexibility index (Phi) is 14.5. The zero-order chi connectivity index (χ0) is 21.7. The zero-order valence-corrected chi connectivity index (χ0v) is 20.1. The molecule has 0 aliphatic heterocycles. The number of halogens is 2.